The van der Waals surface area contributed by atoms with Crippen molar-refractivity contribution in [1.29, 1.82) is 0 Å². The Labute approximate surface area is 236 Å². The highest BCUT2D eigenvalue weighted by Gasteiger charge is 2.59. The van der Waals surface area contributed by atoms with Crippen LogP contribution in [-0.4, -0.2) is 12.2 Å². The second kappa shape index (κ2) is 11.2. The van der Waals surface area contributed by atoms with Crippen LogP contribution in [0.5, 0.6) is 0 Å². The topological polar surface area (TPSA) is 38.3 Å². The fourth-order valence-electron chi connectivity index (χ4n) is 9.62. The van der Waals surface area contributed by atoms with Crippen LogP contribution < -0.4 is 5.32 Å². The number of anilines is 1. The van der Waals surface area contributed by atoms with Crippen molar-refractivity contribution in [3.8, 4) is 0 Å². The normalized spacial score (nSPS) is 37.0. The fourth-order valence-corrected chi connectivity index (χ4v) is 9.81. The van der Waals surface area contributed by atoms with Crippen LogP contribution in [0.4, 0.5) is 10.5 Å². The van der Waals surface area contributed by atoms with Crippen LogP contribution in [-0.2, 0) is 4.74 Å². The van der Waals surface area contributed by atoms with E-state index in [0.29, 0.717) is 16.1 Å². The van der Waals surface area contributed by atoms with E-state index in [1.54, 1.807) is 17.7 Å². The van der Waals surface area contributed by atoms with E-state index in [2.05, 4.69) is 46.0 Å². The van der Waals surface area contributed by atoms with Crippen molar-refractivity contribution in [2.45, 2.75) is 111 Å². The molecule has 0 bridgehead atoms. The maximum absolute atomic E-state index is 12.6. The molecule has 1 aromatic rings. The number of carbonyl (C=O) groups excluding carboxylic acids is 1. The fraction of sp³-hybridized carbons (Fsp3) is 0.735. The highest BCUT2D eigenvalue weighted by Crippen LogP contribution is 2.67. The molecule has 0 unspecified atom stereocenters. The lowest BCUT2D eigenvalue weighted by molar-refractivity contribution is -0.0577. The van der Waals surface area contributed by atoms with Crippen LogP contribution in [0.25, 0.3) is 0 Å². The van der Waals surface area contributed by atoms with Gasteiger partial charge in [0.15, 0.2) is 0 Å². The first-order chi connectivity index (χ1) is 18.1. The summed E-state index contributed by atoms with van der Waals surface area (Å²) in [4.78, 5) is 12.6. The summed E-state index contributed by atoms with van der Waals surface area (Å²) in [7, 11) is 0. The van der Waals surface area contributed by atoms with Crippen molar-refractivity contribution in [2.24, 2.45) is 46.3 Å². The number of benzene rings is 1. The van der Waals surface area contributed by atoms with Gasteiger partial charge in [-0.05, 0) is 109 Å². The van der Waals surface area contributed by atoms with E-state index >= 15 is 0 Å². The third-order valence-electron chi connectivity index (χ3n) is 11.6. The molecule has 4 heteroatoms. The Kier molecular flexibility index (Phi) is 8.26. The summed E-state index contributed by atoms with van der Waals surface area (Å²) in [5.74, 6) is 5.09. The number of fused-ring (bicyclic) bond motifs is 5. The Bertz CT molecular complexity index is 1040. The van der Waals surface area contributed by atoms with Gasteiger partial charge in [0.2, 0.25) is 0 Å². The molecule has 3 fully saturated rings. The molecule has 3 saturated carbocycles. The van der Waals surface area contributed by atoms with E-state index in [1.165, 1.54) is 51.4 Å². The van der Waals surface area contributed by atoms with Gasteiger partial charge in [0.25, 0.3) is 0 Å². The molecule has 1 N–H and O–H groups in total. The molecule has 3 nitrogen and oxygen atoms in total. The predicted molar refractivity (Wildman–Crippen MR) is 158 cm³/mol. The first-order valence-electron chi connectivity index (χ1n) is 15.5. The zero-order valence-electron chi connectivity index (χ0n) is 24.4. The summed E-state index contributed by atoms with van der Waals surface area (Å²) in [6.45, 7) is 12.5. The minimum absolute atomic E-state index is 0.0403. The number of hydrogen-bond acceptors (Lipinski definition) is 2. The van der Waals surface area contributed by atoms with Gasteiger partial charge >= 0.3 is 6.09 Å². The molecule has 4 aliphatic carbocycles. The van der Waals surface area contributed by atoms with Gasteiger partial charge in [0, 0.05) is 17.1 Å². The lowest BCUT2D eigenvalue weighted by atomic mass is 9.47. The first kappa shape index (κ1) is 28.1. The predicted octanol–water partition coefficient (Wildman–Crippen LogP) is 10.3. The molecule has 0 aromatic heterocycles. The Hall–Kier alpha value is -1.48. The van der Waals surface area contributed by atoms with E-state index in [9.17, 15) is 4.79 Å². The number of ether oxygens (including phenoxy) is 1. The molecule has 1 aromatic carbocycles. The Morgan fingerprint density at radius 3 is 2.66 bits per heavy atom. The third-order valence-corrected chi connectivity index (χ3v) is 11.8. The van der Waals surface area contributed by atoms with E-state index < -0.39 is 0 Å². The minimum Gasteiger partial charge on any atom is -0.446 e. The number of carbonyl (C=O) groups is 1. The lowest BCUT2D eigenvalue weighted by Gasteiger charge is -2.58. The number of halogens is 1. The average Bonchev–Trinajstić information content (AvgIpc) is 3.21. The average molecular weight is 540 g/mol. The van der Waals surface area contributed by atoms with E-state index in [4.69, 9.17) is 16.3 Å². The van der Waals surface area contributed by atoms with Crippen LogP contribution in [0.2, 0.25) is 5.02 Å². The summed E-state index contributed by atoms with van der Waals surface area (Å²) < 4.78 is 5.90. The second-order valence-electron chi connectivity index (χ2n) is 14.2. The van der Waals surface area contributed by atoms with Crippen molar-refractivity contribution >= 4 is 23.4 Å². The van der Waals surface area contributed by atoms with Crippen molar-refractivity contribution in [2.75, 3.05) is 5.32 Å². The van der Waals surface area contributed by atoms with Crippen molar-refractivity contribution in [3.05, 3.63) is 40.9 Å². The highest BCUT2D eigenvalue weighted by molar-refractivity contribution is 6.30. The van der Waals surface area contributed by atoms with Crippen LogP contribution in [0.15, 0.2) is 35.9 Å². The molecule has 5 rings (SSSR count). The molecular formula is C34H50ClNO2. The minimum atomic E-state index is -0.372. The zero-order chi connectivity index (χ0) is 27.1. The molecule has 0 heterocycles. The zero-order valence-corrected chi connectivity index (χ0v) is 25.2. The van der Waals surface area contributed by atoms with Crippen LogP contribution in [0.3, 0.4) is 0 Å². The molecule has 8 atom stereocenters. The number of amides is 1. The Morgan fingerprint density at radius 1 is 1.08 bits per heavy atom. The smallest absolute Gasteiger partial charge is 0.411 e. The van der Waals surface area contributed by atoms with Gasteiger partial charge in [-0.2, -0.15) is 0 Å². The first-order valence-corrected chi connectivity index (χ1v) is 15.9. The maximum Gasteiger partial charge on any atom is 0.411 e. The van der Waals surface area contributed by atoms with Crippen LogP contribution in [0, 0.1) is 46.3 Å². The number of rotatable bonds is 7. The molecule has 0 aliphatic heterocycles. The second-order valence-corrected chi connectivity index (χ2v) is 14.6. The van der Waals surface area contributed by atoms with Gasteiger partial charge in [0.1, 0.15) is 6.10 Å². The van der Waals surface area contributed by atoms with Gasteiger partial charge in [-0.25, -0.2) is 4.79 Å². The molecule has 0 radical (unpaired) electrons. The summed E-state index contributed by atoms with van der Waals surface area (Å²) in [5, 5.41) is 3.46. The summed E-state index contributed by atoms with van der Waals surface area (Å²) in [6.07, 6.45) is 16.2. The Balaban J connectivity index is 1.22. The quantitative estimate of drug-likeness (QED) is 0.350. The molecule has 0 saturated heterocycles. The van der Waals surface area contributed by atoms with Gasteiger partial charge in [-0.1, -0.05) is 83.2 Å². The van der Waals surface area contributed by atoms with Crippen molar-refractivity contribution in [1.82, 2.24) is 0 Å². The van der Waals surface area contributed by atoms with E-state index in [0.717, 1.165) is 54.8 Å². The molecule has 0 spiro atoms. The lowest BCUT2D eigenvalue weighted by Crippen LogP contribution is -2.51. The van der Waals surface area contributed by atoms with E-state index in [-0.39, 0.29) is 17.6 Å². The molecule has 38 heavy (non-hydrogen) atoms. The monoisotopic (exact) mass is 539 g/mol. The third kappa shape index (κ3) is 5.43. The summed E-state index contributed by atoms with van der Waals surface area (Å²) in [5.41, 5.74) is 3.04. The number of allylic oxidation sites excluding steroid dienone is 1. The SMILES string of the molecule is CC(C)CCC[C@@H](C)[C@H]1CC[C@H]2[C@@H]3CC=C4C[C@H](OC(=O)Nc5cccc(Cl)c5)CC[C@]4(C)[C@H]3CC[C@]12C. The number of hydrogen-bond donors (Lipinski definition) is 1. The molecule has 210 valence electrons. The van der Waals surface area contributed by atoms with Crippen LogP contribution >= 0.6 is 11.6 Å². The summed E-state index contributed by atoms with van der Waals surface area (Å²) in [6, 6.07) is 7.23. The van der Waals surface area contributed by atoms with Crippen molar-refractivity contribution in [3.63, 3.8) is 0 Å². The molecule has 4 aliphatic rings. The van der Waals surface area contributed by atoms with Crippen molar-refractivity contribution < 1.29 is 9.53 Å². The highest BCUT2D eigenvalue weighted by atomic mass is 35.5. The van der Waals surface area contributed by atoms with Gasteiger partial charge in [-0.3, -0.25) is 5.32 Å². The number of nitrogens with one attached hydrogen (secondary N) is 1. The van der Waals surface area contributed by atoms with Gasteiger partial charge < -0.3 is 4.74 Å². The summed E-state index contributed by atoms with van der Waals surface area (Å²) >= 11 is 6.06. The van der Waals surface area contributed by atoms with Gasteiger partial charge in [-0.15, -0.1) is 0 Å². The maximum atomic E-state index is 12.6. The molecular weight excluding hydrogens is 490 g/mol. The van der Waals surface area contributed by atoms with E-state index in [1.807, 2.05) is 12.1 Å². The molecule has 1 amide bonds. The largest absolute Gasteiger partial charge is 0.446 e. The standard InChI is InChI=1S/C34H50ClNO2/c1-22(2)8-6-9-23(3)29-14-15-30-28-13-12-24-20-27(38-32(37)36-26-11-7-10-25(35)21-26)16-18-33(24,4)31(28)17-19-34(29,30)5/h7,10-12,21-23,27-31H,6,8-9,13-20H2,1-5H3,(H,36,37)/t23-,27-,28+,29-,30+,31+,33+,34-/m1/s1. The van der Waals surface area contributed by atoms with Crippen LogP contribution in [0.1, 0.15) is 105 Å². The Morgan fingerprint density at radius 2 is 1.89 bits per heavy atom. The van der Waals surface area contributed by atoms with Gasteiger partial charge in [0.05, 0.1) is 0 Å².